The summed E-state index contributed by atoms with van der Waals surface area (Å²) in [6, 6.07) is 2.64. The second kappa shape index (κ2) is 8.82. The number of hydrogen-bond acceptors (Lipinski definition) is 4. The van der Waals surface area contributed by atoms with Crippen molar-refractivity contribution < 1.29 is 0 Å². The second-order valence-corrected chi connectivity index (χ2v) is 6.55. The SMILES string of the molecule is CCCNCc1cc(Br)cnc1N(C)C(C)CSC. The molecular formula is C14H24BrN3S. The molecule has 1 N–H and O–H groups in total. The van der Waals surface area contributed by atoms with Gasteiger partial charge in [0.05, 0.1) is 0 Å². The van der Waals surface area contributed by atoms with E-state index in [0.29, 0.717) is 6.04 Å². The molecule has 0 aliphatic rings. The van der Waals surface area contributed by atoms with E-state index in [2.05, 4.69) is 64.3 Å². The predicted molar refractivity (Wildman–Crippen MR) is 90.2 cm³/mol. The van der Waals surface area contributed by atoms with E-state index < -0.39 is 0 Å². The van der Waals surface area contributed by atoms with Crippen LogP contribution in [-0.2, 0) is 6.54 Å². The minimum atomic E-state index is 0.480. The van der Waals surface area contributed by atoms with Crippen molar-refractivity contribution in [2.24, 2.45) is 0 Å². The number of nitrogens with zero attached hydrogens (tertiary/aromatic N) is 2. The number of halogens is 1. The van der Waals surface area contributed by atoms with Crippen LogP contribution >= 0.6 is 27.7 Å². The lowest BCUT2D eigenvalue weighted by Gasteiger charge is -2.27. The fraction of sp³-hybridized carbons (Fsp3) is 0.643. The van der Waals surface area contributed by atoms with Gasteiger partial charge in [-0.05, 0) is 48.1 Å². The lowest BCUT2D eigenvalue weighted by Crippen LogP contribution is -2.33. The van der Waals surface area contributed by atoms with Crippen LogP contribution in [0, 0.1) is 0 Å². The Bertz CT molecular complexity index is 387. The Morgan fingerprint density at radius 2 is 2.26 bits per heavy atom. The zero-order valence-electron chi connectivity index (χ0n) is 12.2. The van der Waals surface area contributed by atoms with Crippen molar-refractivity contribution in [3.63, 3.8) is 0 Å². The van der Waals surface area contributed by atoms with Gasteiger partial charge in [0.15, 0.2) is 0 Å². The van der Waals surface area contributed by atoms with Crippen LogP contribution in [0.3, 0.4) is 0 Å². The summed E-state index contributed by atoms with van der Waals surface area (Å²) < 4.78 is 1.04. The number of aromatic nitrogens is 1. The normalized spacial score (nSPS) is 12.5. The summed E-state index contributed by atoms with van der Waals surface area (Å²) in [4.78, 5) is 6.86. The Balaban J connectivity index is 2.85. The molecule has 1 heterocycles. The van der Waals surface area contributed by atoms with E-state index in [1.165, 1.54) is 5.56 Å². The summed E-state index contributed by atoms with van der Waals surface area (Å²) in [5.74, 6) is 2.18. The lowest BCUT2D eigenvalue weighted by molar-refractivity contribution is 0.666. The molecule has 1 rings (SSSR count). The maximum Gasteiger partial charge on any atom is 0.133 e. The zero-order valence-corrected chi connectivity index (χ0v) is 14.6. The third-order valence-corrected chi connectivity index (χ3v) is 4.30. The summed E-state index contributed by atoms with van der Waals surface area (Å²) in [7, 11) is 2.13. The lowest BCUT2D eigenvalue weighted by atomic mass is 10.2. The molecule has 1 aromatic heterocycles. The van der Waals surface area contributed by atoms with Crippen molar-refractivity contribution in [1.82, 2.24) is 10.3 Å². The molecule has 19 heavy (non-hydrogen) atoms. The van der Waals surface area contributed by atoms with E-state index in [1.54, 1.807) is 0 Å². The highest BCUT2D eigenvalue weighted by Gasteiger charge is 2.14. The largest absolute Gasteiger partial charge is 0.356 e. The van der Waals surface area contributed by atoms with Gasteiger partial charge in [-0.3, -0.25) is 0 Å². The number of hydrogen-bond donors (Lipinski definition) is 1. The first-order valence-corrected chi connectivity index (χ1v) is 8.85. The van der Waals surface area contributed by atoms with E-state index in [4.69, 9.17) is 0 Å². The first-order valence-electron chi connectivity index (χ1n) is 6.67. The number of pyridine rings is 1. The van der Waals surface area contributed by atoms with E-state index in [1.807, 2.05) is 18.0 Å². The van der Waals surface area contributed by atoms with Gasteiger partial charge in [-0.1, -0.05) is 6.92 Å². The molecule has 0 aromatic carbocycles. The quantitative estimate of drug-likeness (QED) is 0.729. The van der Waals surface area contributed by atoms with Crippen LogP contribution in [0.25, 0.3) is 0 Å². The highest BCUT2D eigenvalue weighted by Crippen LogP contribution is 2.23. The molecule has 0 aliphatic heterocycles. The van der Waals surface area contributed by atoms with Crippen LogP contribution in [0.5, 0.6) is 0 Å². The van der Waals surface area contributed by atoms with Crippen molar-refractivity contribution in [2.45, 2.75) is 32.9 Å². The molecule has 0 spiro atoms. The van der Waals surface area contributed by atoms with Crippen LogP contribution in [0.15, 0.2) is 16.7 Å². The number of nitrogens with one attached hydrogen (secondary N) is 1. The molecule has 3 nitrogen and oxygen atoms in total. The van der Waals surface area contributed by atoms with Gasteiger partial charge in [-0.15, -0.1) is 0 Å². The molecule has 108 valence electrons. The van der Waals surface area contributed by atoms with Gasteiger partial charge in [-0.25, -0.2) is 4.98 Å². The second-order valence-electron chi connectivity index (χ2n) is 4.73. The molecule has 0 saturated carbocycles. The molecule has 0 bridgehead atoms. The van der Waals surface area contributed by atoms with Gasteiger partial charge in [0.25, 0.3) is 0 Å². The molecule has 1 atom stereocenters. The Hall–Kier alpha value is -0.260. The minimum Gasteiger partial charge on any atom is -0.356 e. The van der Waals surface area contributed by atoms with Gasteiger partial charge in [0.2, 0.25) is 0 Å². The third-order valence-electron chi connectivity index (χ3n) is 3.05. The Morgan fingerprint density at radius 3 is 2.89 bits per heavy atom. The zero-order chi connectivity index (χ0) is 14.3. The summed E-state index contributed by atoms with van der Waals surface area (Å²) in [5.41, 5.74) is 1.25. The molecule has 1 unspecified atom stereocenters. The first kappa shape index (κ1) is 16.8. The predicted octanol–water partition coefficient (Wildman–Crippen LogP) is 3.53. The number of anilines is 1. The van der Waals surface area contributed by atoms with Gasteiger partial charge in [0, 0.05) is 41.6 Å². The van der Waals surface area contributed by atoms with Gasteiger partial charge >= 0.3 is 0 Å². The van der Waals surface area contributed by atoms with E-state index in [-0.39, 0.29) is 0 Å². The van der Waals surface area contributed by atoms with Crippen molar-refractivity contribution in [1.29, 1.82) is 0 Å². The average molecular weight is 346 g/mol. The maximum absolute atomic E-state index is 4.59. The summed E-state index contributed by atoms with van der Waals surface area (Å²) in [6.45, 7) is 6.32. The number of rotatable bonds is 8. The summed E-state index contributed by atoms with van der Waals surface area (Å²) in [6.07, 6.45) is 5.17. The standard InChI is InChI=1S/C14H24BrN3S/c1-5-6-16-8-12-7-13(15)9-17-14(12)18(3)11(2)10-19-4/h7,9,11,16H,5-6,8,10H2,1-4H3. The molecule has 0 amide bonds. The highest BCUT2D eigenvalue weighted by molar-refractivity contribution is 9.10. The third kappa shape index (κ3) is 5.32. The van der Waals surface area contributed by atoms with Crippen molar-refractivity contribution in [3.8, 4) is 0 Å². The fourth-order valence-corrected chi connectivity index (χ4v) is 2.97. The fourth-order valence-electron chi connectivity index (χ4n) is 1.88. The average Bonchev–Trinajstić information content (AvgIpc) is 2.39. The van der Waals surface area contributed by atoms with Gasteiger partial charge in [-0.2, -0.15) is 11.8 Å². The van der Waals surface area contributed by atoms with Crippen molar-refractivity contribution >= 4 is 33.5 Å². The monoisotopic (exact) mass is 345 g/mol. The van der Waals surface area contributed by atoms with Crippen LogP contribution < -0.4 is 10.2 Å². The minimum absolute atomic E-state index is 0.480. The van der Waals surface area contributed by atoms with Gasteiger partial charge < -0.3 is 10.2 Å². The molecule has 5 heteroatoms. The Morgan fingerprint density at radius 1 is 1.53 bits per heavy atom. The van der Waals surface area contributed by atoms with Crippen LogP contribution in [0.1, 0.15) is 25.8 Å². The van der Waals surface area contributed by atoms with Crippen molar-refractivity contribution in [3.05, 3.63) is 22.3 Å². The van der Waals surface area contributed by atoms with E-state index >= 15 is 0 Å². The molecular weight excluding hydrogens is 322 g/mol. The Labute approximate surface area is 129 Å². The molecule has 0 saturated heterocycles. The number of thioether (sulfide) groups is 1. The Kier molecular flexibility index (Phi) is 7.80. The molecule has 1 aromatic rings. The smallest absolute Gasteiger partial charge is 0.133 e. The molecule has 0 radical (unpaired) electrons. The van der Waals surface area contributed by atoms with Crippen molar-refractivity contribution in [2.75, 3.05) is 30.5 Å². The van der Waals surface area contributed by atoms with Gasteiger partial charge in [0.1, 0.15) is 5.82 Å². The van der Waals surface area contributed by atoms with Crippen LogP contribution in [0.2, 0.25) is 0 Å². The molecule has 0 fully saturated rings. The maximum atomic E-state index is 4.59. The van der Waals surface area contributed by atoms with Crippen LogP contribution in [0.4, 0.5) is 5.82 Å². The first-order chi connectivity index (χ1) is 9.10. The summed E-state index contributed by atoms with van der Waals surface area (Å²) in [5, 5.41) is 3.45. The summed E-state index contributed by atoms with van der Waals surface area (Å²) >= 11 is 5.38. The topological polar surface area (TPSA) is 28.2 Å². The van der Waals surface area contributed by atoms with E-state index in [0.717, 1.165) is 35.6 Å². The van der Waals surface area contributed by atoms with E-state index in [9.17, 15) is 0 Å². The van der Waals surface area contributed by atoms with Crippen LogP contribution in [-0.4, -0.2) is 36.6 Å². The highest BCUT2D eigenvalue weighted by atomic mass is 79.9. The molecule has 0 aliphatic carbocycles.